The van der Waals surface area contributed by atoms with Crippen molar-refractivity contribution in [3.63, 3.8) is 0 Å². The Bertz CT molecular complexity index is 551. The SMILES string of the molecule is C#CCCCC(O)c1cc2cccc(Br)c2o1. The molecule has 3 heteroatoms. The average molecular weight is 293 g/mol. The number of fused-ring (bicyclic) bond motifs is 1. The Morgan fingerprint density at radius 2 is 2.29 bits per heavy atom. The molecule has 88 valence electrons. The summed E-state index contributed by atoms with van der Waals surface area (Å²) in [5.41, 5.74) is 0.776. The highest BCUT2D eigenvalue weighted by atomic mass is 79.9. The average Bonchev–Trinajstić information content (AvgIpc) is 2.75. The lowest BCUT2D eigenvalue weighted by atomic mass is 10.1. The highest BCUT2D eigenvalue weighted by Crippen LogP contribution is 2.31. The van der Waals surface area contributed by atoms with Crippen LogP contribution in [0.15, 0.2) is 33.2 Å². The lowest BCUT2D eigenvalue weighted by molar-refractivity contribution is 0.140. The minimum absolute atomic E-state index is 0.581. The summed E-state index contributed by atoms with van der Waals surface area (Å²) < 4.78 is 6.54. The molecule has 0 aliphatic rings. The van der Waals surface area contributed by atoms with E-state index in [1.807, 2.05) is 24.3 Å². The number of para-hydroxylation sites is 1. The summed E-state index contributed by atoms with van der Waals surface area (Å²) >= 11 is 3.42. The second-order valence-corrected chi connectivity index (χ2v) is 4.77. The minimum atomic E-state index is -0.581. The molecule has 0 saturated carbocycles. The van der Waals surface area contributed by atoms with Gasteiger partial charge in [0.1, 0.15) is 17.4 Å². The standard InChI is InChI=1S/C14H13BrO2/c1-2-3-4-8-12(16)13-9-10-6-5-7-11(15)14(10)17-13/h1,5-7,9,12,16H,3-4,8H2. The van der Waals surface area contributed by atoms with E-state index in [0.717, 1.165) is 21.9 Å². The number of hydrogen-bond donors (Lipinski definition) is 1. The van der Waals surface area contributed by atoms with Crippen molar-refractivity contribution < 1.29 is 9.52 Å². The second kappa shape index (κ2) is 5.39. The first kappa shape index (κ1) is 12.2. The third-order valence-corrected chi connectivity index (χ3v) is 3.27. The van der Waals surface area contributed by atoms with Gasteiger partial charge in [-0.15, -0.1) is 12.3 Å². The third-order valence-electron chi connectivity index (χ3n) is 2.64. The monoisotopic (exact) mass is 292 g/mol. The van der Waals surface area contributed by atoms with Crippen molar-refractivity contribution in [3.05, 3.63) is 34.5 Å². The lowest BCUT2D eigenvalue weighted by Gasteiger charge is -2.05. The number of halogens is 1. The van der Waals surface area contributed by atoms with Crippen molar-refractivity contribution in [2.24, 2.45) is 0 Å². The van der Waals surface area contributed by atoms with E-state index in [0.29, 0.717) is 18.6 Å². The fourth-order valence-corrected chi connectivity index (χ4v) is 2.21. The zero-order chi connectivity index (χ0) is 12.3. The molecule has 1 aromatic heterocycles. The van der Waals surface area contributed by atoms with Gasteiger partial charge < -0.3 is 9.52 Å². The van der Waals surface area contributed by atoms with Crippen LogP contribution in [0.25, 0.3) is 11.0 Å². The number of unbranched alkanes of at least 4 members (excludes halogenated alkanes) is 1. The number of rotatable bonds is 4. The second-order valence-electron chi connectivity index (χ2n) is 3.92. The van der Waals surface area contributed by atoms with Crippen LogP contribution in [0.5, 0.6) is 0 Å². The van der Waals surface area contributed by atoms with Crippen molar-refractivity contribution in [2.45, 2.75) is 25.4 Å². The van der Waals surface area contributed by atoms with Crippen LogP contribution in [-0.4, -0.2) is 5.11 Å². The van der Waals surface area contributed by atoms with E-state index < -0.39 is 6.10 Å². The zero-order valence-corrected chi connectivity index (χ0v) is 10.9. The number of hydrogen-bond acceptors (Lipinski definition) is 2. The fourth-order valence-electron chi connectivity index (χ4n) is 1.75. The molecule has 0 aliphatic carbocycles. The molecule has 0 fully saturated rings. The van der Waals surface area contributed by atoms with Crippen molar-refractivity contribution in [1.29, 1.82) is 0 Å². The van der Waals surface area contributed by atoms with E-state index in [9.17, 15) is 5.11 Å². The maximum Gasteiger partial charge on any atom is 0.148 e. The van der Waals surface area contributed by atoms with Crippen molar-refractivity contribution in [1.82, 2.24) is 0 Å². The summed E-state index contributed by atoms with van der Waals surface area (Å²) in [5.74, 6) is 3.16. The maximum absolute atomic E-state index is 9.96. The molecule has 1 atom stereocenters. The normalized spacial score (nSPS) is 12.5. The van der Waals surface area contributed by atoms with E-state index in [2.05, 4.69) is 21.9 Å². The fraction of sp³-hybridized carbons (Fsp3) is 0.286. The topological polar surface area (TPSA) is 33.4 Å². The quantitative estimate of drug-likeness (QED) is 0.682. The van der Waals surface area contributed by atoms with Crippen molar-refractivity contribution in [3.8, 4) is 12.3 Å². The smallest absolute Gasteiger partial charge is 0.148 e. The summed E-state index contributed by atoms with van der Waals surface area (Å²) in [5, 5.41) is 11.0. The summed E-state index contributed by atoms with van der Waals surface area (Å²) in [6.07, 6.45) is 6.70. The van der Waals surface area contributed by atoms with E-state index >= 15 is 0 Å². The van der Waals surface area contributed by atoms with Gasteiger partial charge in [0.25, 0.3) is 0 Å². The lowest BCUT2D eigenvalue weighted by Crippen LogP contribution is -1.94. The van der Waals surface area contributed by atoms with Crippen LogP contribution in [0.3, 0.4) is 0 Å². The molecule has 0 bridgehead atoms. The maximum atomic E-state index is 9.96. The van der Waals surface area contributed by atoms with Gasteiger partial charge in [-0.2, -0.15) is 0 Å². The van der Waals surface area contributed by atoms with E-state index in [4.69, 9.17) is 10.8 Å². The minimum Gasteiger partial charge on any atom is -0.457 e. The molecule has 2 nitrogen and oxygen atoms in total. The predicted octanol–water partition coefficient (Wildman–Crippen LogP) is 4.03. The molecule has 2 rings (SSSR count). The summed E-state index contributed by atoms with van der Waals surface area (Å²) in [6.45, 7) is 0. The van der Waals surface area contributed by atoms with E-state index in [-0.39, 0.29) is 0 Å². The molecule has 1 aromatic carbocycles. The number of aliphatic hydroxyl groups excluding tert-OH is 1. The van der Waals surface area contributed by atoms with Crippen LogP contribution >= 0.6 is 15.9 Å². The Morgan fingerprint density at radius 1 is 1.47 bits per heavy atom. The number of aliphatic hydroxyl groups is 1. The first-order valence-electron chi connectivity index (χ1n) is 5.52. The van der Waals surface area contributed by atoms with Crippen LogP contribution in [0.4, 0.5) is 0 Å². The van der Waals surface area contributed by atoms with Crippen LogP contribution < -0.4 is 0 Å². The van der Waals surface area contributed by atoms with Crippen molar-refractivity contribution in [2.75, 3.05) is 0 Å². The molecule has 0 spiro atoms. The van der Waals surface area contributed by atoms with Crippen LogP contribution in [0.2, 0.25) is 0 Å². The van der Waals surface area contributed by atoms with Gasteiger partial charge in [-0.25, -0.2) is 0 Å². The Labute approximate surface area is 109 Å². The summed E-state index contributed by atoms with van der Waals surface area (Å²) in [6, 6.07) is 7.69. The molecule has 1 unspecified atom stereocenters. The molecular formula is C14H13BrO2. The first-order valence-corrected chi connectivity index (χ1v) is 6.31. The van der Waals surface area contributed by atoms with Gasteiger partial charge in [0, 0.05) is 11.8 Å². The summed E-state index contributed by atoms with van der Waals surface area (Å²) in [7, 11) is 0. The number of terminal acetylenes is 1. The molecule has 1 N–H and O–H groups in total. The third kappa shape index (κ3) is 2.71. The van der Waals surface area contributed by atoms with Gasteiger partial charge in [0.05, 0.1) is 4.47 Å². The molecule has 0 amide bonds. The van der Waals surface area contributed by atoms with E-state index in [1.54, 1.807) is 0 Å². The Balaban J connectivity index is 2.19. The summed E-state index contributed by atoms with van der Waals surface area (Å²) in [4.78, 5) is 0. The number of furan rings is 1. The number of benzene rings is 1. The van der Waals surface area contributed by atoms with Gasteiger partial charge >= 0.3 is 0 Å². The van der Waals surface area contributed by atoms with Gasteiger partial charge in [-0.05, 0) is 40.9 Å². The molecule has 0 radical (unpaired) electrons. The zero-order valence-electron chi connectivity index (χ0n) is 9.32. The largest absolute Gasteiger partial charge is 0.457 e. The van der Waals surface area contributed by atoms with Gasteiger partial charge in [0.15, 0.2) is 0 Å². The van der Waals surface area contributed by atoms with Crippen LogP contribution in [0.1, 0.15) is 31.1 Å². The highest BCUT2D eigenvalue weighted by molar-refractivity contribution is 9.10. The van der Waals surface area contributed by atoms with Gasteiger partial charge in [-0.1, -0.05) is 12.1 Å². The van der Waals surface area contributed by atoms with Gasteiger partial charge in [-0.3, -0.25) is 0 Å². The van der Waals surface area contributed by atoms with Crippen LogP contribution in [-0.2, 0) is 0 Å². The molecule has 1 heterocycles. The molecule has 0 saturated heterocycles. The predicted molar refractivity (Wildman–Crippen MR) is 71.6 cm³/mol. The highest BCUT2D eigenvalue weighted by Gasteiger charge is 2.13. The van der Waals surface area contributed by atoms with Crippen molar-refractivity contribution >= 4 is 26.9 Å². The molecule has 2 aromatic rings. The Hall–Kier alpha value is -1.24. The molecule has 17 heavy (non-hydrogen) atoms. The molecular weight excluding hydrogens is 280 g/mol. The Kier molecular flexibility index (Phi) is 3.88. The molecule has 0 aliphatic heterocycles. The van der Waals surface area contributed by atoms with Crippen LogP contribution in [0, 0.1) is 12.3 Å². The van der Waals surface area contributed by atoms with Gasteiger partial charge in [0.2, 0.25) is 0 Å². The van der Waals surface area contributed by atoms with E-state index in [1.165, 1.54) is 0 Å². The Morgan fingerprint density at radius 3 is 3.00 bits per heavy atom. The first-order chi connectivity index (χ1) is 8.22.